The maximum absolute atomic E-state index is 10.8. The first-order chi connectivity index (χ1) is 9.69. The lowest BCUT2D eigenvalue weighted by Crippen LogP contribution is -2.30. The van der Waals surface area contributed by atoms with Gasteiger partial charge in [-0.2, -0.15) is 0 Å². The third-order valence-corrected chi connectivity index (χ3v) is 3.26. The number of rotatable bonds is 2. The molecule has 0 fully saturated rings. The highest BCUT2D eigenvalue weighted by Gasteiger charge is 2.21. The van der Waals surface area contributed by atoms with Crippen LogP contribution in [0.4, 0.5) is 11.5 Å². The van der Waals surface area contributed by atoms with E-state index in [-0.39, 0.29) is 0 Å². The molecule has 102 valence electrons. The van der Waals surface area contributed by atoms with E-state index in [1.54, 1.807) is 16.7 Å². The Hall–Kier alpha value is -2.63. The summed E-state index contributed by atoms with van der Waals surface area (Å²) in [5, 5.41) is 7.87. The summed E-state index contributed by atoms with van der Waals surface area (Å²) in [6.45, 7) is 1.18. The number of aryl methyl sites for hydroxylation is 1. The largest absolute Gasteiger partial charge is 0.488 e. The van der Waals surface area contributed by atoms with Crippen LogP contribution in [0.3, 0.4) is 0 Å². The molecule has 1 aliphatic rings. The number of nitrogens with zero attached hydrogens (tertiary/aromatic N) is 3. The Morgan fingerprint density at radius 2 is 2.30 bits per heavy atom. The summed E-state index contributed by atoms with van der Waals surface area (Å²) >= 11 is 0. The van der Waals surface area contributed by atoms with Crippen molar-refractivity contribution >= 4 is 17.8 Å². The van der Waals surface area contributed by atoms with Crippen LogP contribution < -0.4 is 15.1 Å². The molecule has 20 heavy (non-hydrogen) atoms. The minimum atomic E-state index is 0.417. The Labute approximate surface area is 115 Å². The smallest absolute Gasteiger partial charge is 0.176 e. The van der Waals surface area contributed by atoms with Crippen molar-refractivity contribution in [2.45, 2.75) is 0 Å². The summed E-state index contributed by atoms with van der Waals surface area (Å²) < 4.78 is 7.29. The van der Waals surface area contributed by atoms with Gasteiger partial charge in [0.1, 0.15) is 12.1 Å². The lowest BCUT2D eigenvalue weighted by Gasteiger charge is -2.30. The van der Waals surface area contributed by atoms with E-state index < -0.39 is 0 Å². The minimum Gasteiger partial charge on any atom is -0.488 e. The summed E-state index contributed by atoms with van der Waals surface area (Å²) in [7, 11) is 1.83. The molecule has 6 nitrogen and oxygen atoms in total. The highest BCUT2D eigenvalue weighted by molar-refractivity contribution is 5.77. The van der Waals surface area contributed by atoms with Crippen molar-refractivity contribution < 1.29 is 9.53 Å². The van der Waals surface area contributed by atoms with Crippen LogP contribution in [-0.2, 0) is 7.05 Å². The molecule has 0 aliphatic carbocycles. The number of fused-ring (bicyclic) bond motifs is 1. The molecule has 0 atom stereocenters. The van der Waals surface area contributed by atoms with Crippen LogP contribution in [0.2, 0.25) is 0 Å². The van der Waals surface area contributed by atoms with E-state index >= 15 is 0 Å². The van der Waals surface area contributed by atoms with Gasteiger partial charge in [-0.1, -0.05) is 0 Å². The lowest BCUT2D eigenvalue weighted by molar-refractivity contribution is 0.112. The van der Waals surface area contributed by atoms with Gasteiger partial charge in [0.25, 0.3) is 0 Å². The lowest BCUT2D eigenvalue weighted by atomic mass is 10.2. The van der Waals surface area contributed by atoms with Crippen LogP contribution in [0, 0.1) is 5.41 Å². The zero-order chi connectivity index (χ0) is 14.1. The minimum absolute atomic E-state index is 0.417. The highest BCUT2D eigenvalue weighted by atomic mass is 16.5. The molecule has 1 N–H and O–H groups in total. The van der Waals surface area contributed by atoms with Gasteiger partial charge >= 0.3 is 0 Å². The number of hydrogen-bond acceptors (Lipinski definition) is 5. The molecule has 3 rings (SSSR count). The van der Waals surface area contributed by atoms with Crippen molar-refractivity contribution in [1.29, 1.82) is 5.41 Å². The average molecular weight is 270 g/mol. The molecule has 0 saturated heterocycles. The number of nitrogens with one attached hydrogen (secondary N) is 1. The Kier molecular flexibility index (Phi) is 2.98. The molecule has 6 heteroatoms. The Bertz CT molecular complexity index is 723. The van der Waals surface area contributed by atoms with E-state index in [2.05, 4.69) is 4.98 Å². The zero-order valence-electron chi connectivity index (χ0n) is 11.0. The fourth-order valence-corrected chi connectivity index (χ4v) is 2.16. The van der Waals surface area contributed by atoms with Gasteiger partial charge in [0, 0.05) is 36.8 Å². The normalized spacial score (nSPS) is 13.6. The summed E-state index contributed by atoms with van der Waals surface area (Å²) in [6, 6.07) is 5.40. The number of carbonyl (C=O) groups is 1. The predicted octanol–water partition coefficient (Wildman–Crippen LogP) is 1.24. The summed E-state index contributed by atoms with van der Waals surface area (Å²) in [4.78, 5) is 17.1. The first-order valence-electron chi connectivity index (χ1n) is 6.26. The van der Waals surface area contributed by atoms with Crippen molar-refractivity contribution in [1.82, 2.24) is 9.55 Å². The summed E-state index contributed by atoms with van der Waals surface area (Å²) in [6.07, 6.45) is 4.12. The molecule has 0 bridgehead atoms. The molecule has 2 aromatic rings. The standard InChI is InChI=1S/C14H14N4O2/c1-17-3-2-11(7-13(17)15)18-4-5-20-12-6-10(9-19)8-16-14(12)18/h2-3,6-9,15H,4-5H2,1H3. The molecular weight excluding hydrogens is 256 g/mol. The Balaban J connectivity index is 2.07. The number of hydrogen-bond donors (Lipinski definition) is 1. The molecule has 0 spiro atoms. The van der Waals surface area contributed by atoms with E-state index in [4.69, 9.17) is 10.1 Å². The zero-order valence-corrected chi connectivity index (χ0v) is 11.0. The topological polar surface area (TPSA) is 71.2 Å². The van der Waals surface area contributed by atoms with Crippen molar-refractivity contribution in [3.63, 3.8) is 0 Å². The molecule has 1 aliphatic heterocycles. The Morgan fingerprint density at radius 1 is 1.45 bits per heavy atom. The van der Waals surface area contributed by atoms with Crippen LogP contribution in [0.5, 0.6) is 5.75 Å². The van der Waals surface area contributed by atoms with Gasteiger partial charge in [0.05, 0.1) is 6.54 Å². The molecular formula is C14H14N4O2. The Morgan fingerprint density at radius 3 is 3.05 bits per heavy atom. The number of aldehydes is 1. The molecule has 0 unspecified atom stereocenters. The quantitative estimate of drug-likeness (QED) is 0.833. The predicted molar refractivity (Wildman–Crippen MR) is 73.4 cm³/mol. The average Bonchev–Trinajstić information content (AvgIpc) is 2.49. The van der Waals surface area contributed by atoms with E-state index in [1.807, 2.05) is 24.2 Å². The number of anilines is 2. The second-order valence-corrected chi connectivity index (χ2v) is 4.59. The van der Waals surface area contributed by atoms with Crippen LogP contribution in [0.25, 0.3) is 0 Å². The summed E-state index contributed by atoms with van der Waals surface area (Å²) in [5.74, 6) is 1.27. The van der Waals surface area contributed by atoms with Crippen molar-refractivity contribution in [3.05, 3.63) is 41.6 Å². The maximum atomic E-state index is 10.8. The van der Waals surface area contributed by atoms with Gasteiger partial charge < -0.3 is 14.2 Å². The third-order valence-electron chi connectivity index (χ3n) is 3.26. The second-order valence-electron chi connectivity index (χ2n) is 4.59. The maximum Gasteiger partial charge on any atom is 0.176 e. The van der Waals surface area contributed by atoms with E-state index in [0.29, 0.717) is 35.8 Å². The molecule has 0 radical (unpaired) electrons. The van der Waals surface area contributed by atoms with Gasteiger partial charge in [-0.15, -0.1) is 0 Å². The SMILES string of the molecule is Cn1ccc(N2CCOc3cc(C=O)cnc32)cc1=N. The van der Waals surface area contributed by atoms with Crippen molar-refractivity contribution in [2.75, 3.05) is 18.1 Å². The molecule has 0 amide bonds. The number of carbonyl (C=O) groups excluding carboxylic acids is 1. The van der Waals surface area contributed by atoms with E-state index in [0.717, 1.165) is 12.0 Å². The van der Waals surface area contributed by atoms with Gasteiger partial charge in [-0.3, -0.25) is 10.2 Å². The van der Waals surface area contributed by atoms with Gasteiger partial charge in [0.2, 0.25) is 0 Å². The number of pyridine rings is 2. The number of aromatic nitrogens is 2. The van der Waals surface area contributed by atoms with E-state index in [1.165, 1.54) is 6.20 Å². The van der Waals surface area contributed by atoms with Crippen molar-refractivity contribution in [3.8, 4) is 5.75 Å². The molecule has 0 aromatic carbocycles. The van der Waals surface area contributed by atoms with Crippen LogP contribution in [-0.4, -0.2) is 29.0 Å². The monoisotopic (exact) mass is 270 g/mol. The van der Waals surface area contributed by atoms with E-state index in [9.17, 15) is 4.79 Å². The van der Waals surface area contributed by atoms with Gasteiger partial charge in [-0.05, 0) is 12.1 Å². The van der Waals surface area contributed by atoms with Crippen LogP contribution in [0.15, 0.2) is 30.6 Å². The molecule has 0 saturated carbocycles. The fourth-order valence-electron chi connectivity index (χ4n) is 2.16. The fraction of sp³-hybridized carbons (Fsp3) is 0.214. The number of ether oxygens (including phenoxy) is 1. The second kappa shape index (κ2) is 4.80. The highest BCUT2D eigenvalue weighted by Crippen LogP contribution is 2.34. The third kappa shape index (κ3) is 2.05. The first-order valence-corrected chi connectivity index (χ1v) is 6.26. The molecule has 3 heterocycles. The summed E-state index contributed by atoms with van der Waals surface area (Å²) in [5.41, 5.74) is 1.80. The van der Waals surface area contributed by atoms with Crippen molar-refractivity contribution in [2.24, 2.45) is 7.05 Å². The molecule has 2 aromatic heterocycles. The first kappa shape index (κ1) is 12.4. The van der Waals surface area contributed by atoms with Crippen LogP contribution >= 0.6 is 0 Å². The van der Waals surface area contributed by atoms with Gasteiger partial charge in [-0.25, -0.2) is 4.98 Å². The van der Waals surface area contributed by atoms with Crippen LogP contribution in [0.1, 0.15) is 10.4 Å². The van der Waals surface area contributed by atoms with Gasteiger partial charge in [0.15, 0.2) is 17.9 Å².